The van der Waals surface area contributed by atoms with E-state index >= 15 is 0 Å². The maximum absolute atomic E-state index is 12.9. The molecule has 1 aromatic heterocycles. The van der Waals surface area contributed by atoms with E-state index in [0.29, 0.717) is 6.07 Å². The normalized spacial score (nSPS) is 11.6. The molecule has 0 amide bonds. The van der Waals surface area contributed by atoms with E-state index in [2.05, 4.69) is 14.5 Å². The minimum absolute atomic E-state index is 0.406. The van der Waals surface area contributed by atoms with Gasteiger partial charge in [-0.25, -0.2) is 18.6 Å². The van der Waals surface area contributed by atoms with Crippen molar-refractivity contribution < 1.29 is 36.2 Å². The van der Waals surface area contributed by atoms with E-state index in [1.165, 1.54) is 0 Å². The van der Waals surface area contributed by atoms with E-state index in [0.717, 1.165) is 7.11 Å². The van der Waals surface area contributed by atoms with Gasteiger partial charge in [0.05, 0.1) is 12.7 Å². The van der Waals surface area contributed by atoms with Gasteiger partial charge in [0.1, 0.15) is 0 Å². The molecule has 0 bridgehead atoms. The van der Waals surface area contributed by atoms with Crippen LogP contribution < -0.4 is 4.74 Å². The number of hydrogen-bond donors (Lipinski definition) is 0. The minimum Gasteiger partial charge on any atom is -0.464 e. The van der Waals surface area contributed by atoms with Crippen molar-refractivity contribution in [2.24, 2.45) is 0 Å². The highest BCUT2D eigenvalue weighted by Crippen LogP contribution is 2.32. The van der Waals surface area contributed by atoms with Crippen molar-refractivity contribution in [3.63, 3.8) is 0 Å². The van der Waals surface area contributed by atoms with E-state index in [4.69, 9.17) is 11.6 Å². The summed E-state index contributed by atoms with van der Waals surface area (Å²) in [5.74, 6) is -2.95. The average Bonchev–Trinajstić information content (AvgIpc) is 2.34. The van der Waals surface area contributed by atoms with Gasteiger partial charge in [-0.1, -0.05) is 0 Å². The Kier molecular flexibility index (Phi) is 5.09. The van der Waals surface area contributed by atoms with Crippen molar-refractivity contribution >= 4 is 17.6 Å². The molecule has 1 aromatic rings. The number of hydrogen-bond acceptors (Lipinski definition) is 4. The predicted molar refractivity (Wildman–Crippen MR) is 56.8 cm³/mol. The molecule has 0 aliphatic rings. The zero-order valence-electron chi connectivity index (χ0n) is 9.80. The van der Waals surface area contributed by atoms with Crippen LogP contribution in [0.15, 0.2) is 6.07 Å². The maximum Gasteiger partial charge on any atom is 0.574 e. The number of alkyl halides is 6. The van der Waals surface area contributed by atoms with Gasteiger partial charge in [0, 0.05) is 11.9 Å². The molecule has 0 saturated heterocycles. The second kappa shape index (κ2) is 6.21. The zero-order chi connectivity index (χ0) is 15.5. The Bertz CT molecular complexity index is 506. The largest absolute Gasteiger partial charge is 0.574 e. The van der Waals surface area contributed by atoms with Gasteiger partial charge in [0.15, 0.2) is 5.69 Å². The van der Waals surface area contributed by atoms with Crippen molar-refractivity contribution in [3.8, 4) is 5.88 Å². The molecule has 10 heteroatoms. The highest BCUT2D eigenvalue weighted by Gasteiger charge is 2.34. The van der Waals surface area contributed by atoms with Crippen molar-refractivity contribution in [2.45, 2.75) is 18.7 Å². The number of ether oxygens (including phenoxy) is 2. The summed E-state index contributed by atoms with van der Waals surface area (Å²) in [4.78, 5) is 14.4. The summed E-state index contributed by atoms with van der Waals surface area (Å²) < 4.78 is 69.7. The molecular weight excluding hydrogens is 313 g/mol. The van der Waals surface area contributed by atoms with Crippen LogP contribution in [0.2, 0.25) is 0 Å². The standard InChI is InChI=1S/C10H7ClF5NO3/c1-19-9(18)7-6(8(12)13)4(3-11)2-5(17-7)20-10(14,15)16/h2,8H,3H2,1H3. The summed E-state index contributed by atoms with van der Waals surface area (Å²) >= 11 is 5.39. The molecule has 0 aliphatic heterocycles. The van der Waals surface area contributed by atoms with Gasteiger partial charge in [0.25, 0.3) is 6.43 Å². The third kappa shape index (κ3) is 3.92. The van der Waals surface area contributed by atoms with Crippen LogP contribution in [-0.4, -0.2) is 24.4 Å². The summed E-state index contributed by atoms with van der Waals surface area (Å²) in [6.07, 6.45) is -8.25. The Balaban J connectivity index is 3.43. The highest BCUT2D eigenvalue weighted by molar-refractivity contribution is 6.17. The van der Waals surface area contributed by atoms with Crippen molar-refractivity contribution in [1.82, 2.24) is 4.98 Å². The lowest BCUT2D eigenvalue weighted by Gasteiger charge is -2.14. The first-order valence-electron chi connectivity index (χ1n) is 4.91. The molecule has 0 N–H and O–H groups in total. The lowest BCUT2D eigenvalue weighted by molar-refractivity contribution is -0.276. The molecule has 1 heterocycles. The lowest BCUT2D eigenvalue weighted by atomic mass is 10.1. The maximum atomic E-state index is 12.9. The summed E-state index contributed by atoms with van der Waals surface area (Å²) in [5.41, 5.74) is -2.27. The summed E-state index contributed by atoms with van der Waals surface area (Å²) in [7, 11) is 0.872. The average molecular weight is 320 g/mol. The quantitative estimate of drug-likeness (QED) is 0.484. The zero-order valence-corrected chi connectivity index (χ0v) is 10.6. The molecule has 0 saturated carbocycles. The molecule has 0 spiro atoms. The molecule has 0 aromatic carbocycles. The number of rotatable bonds is 4. The Morgan fingerprint density at radius 1 is 1.45 bits per heavy atom. The number of carbonyl (C=O) groups is 1. The van der Waals surface area contributed by atoms with Gasteiger partial charge in [0.2, 0.25) is 5.88 Å². The van der Waals surface area contributed by atoms with E-state index in [9.17, 15) is 26.7 Å². The number of nitrogens with zero attached hydrogens (tertiary/aromatic N) is 1. The van der Waals surface area contributed by atoms with Crippen LogP contribution in [0.4, 0.5) is 22.0 Å². The van der Waals surface area contributed by atoms with Crippen LogP contribution in [-0.2, 0) is 10.6 Å². The van der Waals surface area contributed by atoms with Gasteiger partial charge < -0.3 is 9.47 Å². The number of methoxy groups -OCH3 is 1. The molecule has 112 valence electrons. The molecule has 0 atom stereocenters. The number of esters is 1. The van der Waals surface area contributed by atoms with Gasteiger partial charge in [-0.15, -0.1) is 24.8 Å². The number of aromatic nitrogens is 1. The Morgan fingerprint density at radius 2 is 2.05 bits per heavy atom. The van der Waals surface area contributed by atoms with Gasteiger partial charge in [-0.2, -0.15) is 0 Å². The molecule has 4 nitrogen and oxygen atoms in total. The first-order chi connectivity index (χ1) is 9.19. The third-order valence-corrected chi connectivity index (χ3v) is 2.37. The molecule has 0 unspecified atom stereocenters. The van der Waals surface area contributed by atoms with E-state index < -0.39 is 47.3 Å². The first-order valence-corrected chi connectivity index (χ1v) is 5.45. The van der Waals surface area contributed by atoms with Crippen LogP contribution in [0, 0.1) is 0 Å². The fraction of sp³-hybridized carbons (Fsp3) is 0.400. The molecule has 0 radical (unpaired) electrons. The van der Waals surface area contributed by atoms with Crippen molar-refractivity contribution in [3.05, 3.63) is 22.9 Å². The van der Waals surface area contributed by atoms with Crippen molar-refractivity contribution in [2.75, 3.05) is 7.11 Å². The van der Waals surface area contributed by atoms with Gasteiger partial charge in [-0.3, -0.25) is 0 Å². The fourth-order valence-corrected chi connectivity index (χ4v) is 1.58. The van der Waals surface area contributed by atoms with Gasteiger partial charge >= 0.3 is 12.3 Å². The van der Waals surface area contributed by atoms with E-state index in [1.807, 2.05) is 0 Å². The van der Waals surface area contributed by atoms with Crippen molar-refractivity contribution in [1.29, 1.82) is 0 Å². The highest BCUT2D eigenvalue weighted by atomic mass is 35.5. The van der Waals surface area contributed by atoms with Crippen LogP contribution in [0.3, 0.4) is 0 Å². The van der Waals surface area contributed by atoms with Crippen LogP contribution in [0.5, 0.6) is 5.88 Å². The summed E-state index contributed by atoms with van der Waals surface area (Å²) in [5, 5.41) is 0. The lowest BCUT2D eigenvalue weighted by Crippen LogP contribution is -2.20. The Hall–Kier alpha value is -1.64. The summed E-state index contributed by atoms with van der Waals surface area (Å²) in [6, 6.07) is 0.592. The van der Waals surface area contributed by atoms with Crippen LogP contribution in [0.25, 0.3) is 0 Å². The second-order valence-electron chi connectivity index (χ2n) is 3.36. The molecule has 1 rings (SSSR count). The SMILES string of the molecule is COC(=O)c1nc(OC(F)(F)F)cc(CCl)c1C(F)F. The second-order valence-corrected chi connectivity index (χ2v) is 3.62. The monoisotopic (exact) mass is 319 g/mol. The number of pyridine rings is 1. The fourth-order valence-electron chi connectivity index (χ4n) is 1.36. The summed E-state index contributed by atoms with van der Waals surface area (Å²) in [6.45, 7) is 0. The Morgan fingerprint density at radius 3 is 2.45 bits per heavy atom. The van der Waals surface area contributed by atoms with Crippen LogP contribution in [0.1, 0.15) is 28.0 Å². The molecule has 0 aliphatic carbocycles. The third-order valence-electron chi connectivity index (χ3n) is 2.08. The number of carbonyl (C=O) groups excluding carboxylic acids is 1. The van der Waals surface area contributed by atoms with Crippen LogP contribution >= 0.6 is 11.6 Å². The molecule has 0 fully saturated rings. The predicted octanol–water partition coefficient (Wildman–Crippen LogP) is 3.44. The Labute approximate surface area is 114 Å². The topological polar surface area (TPSA) is 48.4 Å². The smallest absolute Gasteiger partial charge is 0.464 e. The van der Waals surface area contributed by atoms with Gasteiger partial charge in [-0.05, 0) is 5.56 Å². The molecular formula is C10H7ClF5NO3. The molecule has 20 heavy (non-hydrogen) atoms. The van der Waals surface area contributed by atoms with E-state index in [-0.39, 0.29) is 0 Å². The number of halogens is 6. The van der Waals surface area contributed by atoms with E-state index in [1.54, 1.807) is 0 Å². The first kappa shape index (κ1) is 16.4. The minimum atomic E-state index is -5.09.